The zero-order valence-electron chi connectivity index (χ0n) is 29.3. The van der Waals surface area contributed by atoms with E-state index < -0.39 is 0 Å². The third-order valence-electron chi connectivity index (χ3n) is 9.80. The topological polar surface area (TPSA) is 38.7 Å². The number of fused-ring (bicyclic) bond motifs is 1. The Labute approximate surface area is 310 Å². The Kier molecular flexibility index (Phi) is 8.43. The second kappa shape index (κ2) is 14.0. The quantitative estimate of drug-likeness (QED) is 0.169. The van der Waals surface area contributed by atoms with Crippen molar-refractivity contribution in [3.63, 3.8) is 0 Å². The number of pyridine rings is 1. The first-order chi connectivity index (χ1) is 26.1. The second-order valence-corrected chi connectivity index (χ2v) is 13.4. The molecule has 0 N–H and O–H groups in total. The molecule has 9 aromatic rings. The van der Waals surface area contributed by atoms with Gasteiger partial charge in [0.1, 0.15) is 0 Å². The van der Waals surface area contributed by atoms with Gasteiger partial charge in [-0.25, -0.2) is 9.97 Å². The van der Waals surface area contributed by atoms with Crippen molar-refractivity contribution in [3.8, 4) is 78.4 Å². The SMILES string of the molecule is Cc1ccc(-c2cccc(-c3ccc(-c4cc(-c5ccc6ccccc6c5)cc(-c5nc(-c6ccccc6)cc(-c6ccccc6)n5)c4)cc3)c2)cn1. The van der Waals surface area contributed by atoms with E-state index in [0.29, 0.717) is 5.82 Å². The molecule has 0 radical (unpaired) electrons. The molecular weight excluding hydrogens is 643 g/mol. The van der Waals surface area contributed by atoms with Gasteiger partial charge >= 0.3 is 0 Å². The van der Waals surface area contributed by atoms with Crippen LogP contribution >= 0.6 is 0 Å². The molecule has 2 aromatic heterocycles. The largest absolute Gasteiger partial charge is 0.261 e. The summed E-state index contributed by atoms with van der Waals surface area (Å²) < 4.78 is 0. The molecule has 0 saturated heterocycles. The average molecular weight is 678 g/mol. The zero-order valence-corrected chi connectivity index (χ0v) is 29.3. The van der Waals surface area contributed by atoms with E-state index in [1.807, 2.05) is 25.3 Å². The summed E-state index contributed by atoms with van der Waals surface area (Å²) >= 11 is 0. The minimum Gasteiger partial charge on any atom is -0.261 e. The summed E-state index contributed by atoms with van der Waals surface area (Å²) in [5.41, 5.74) is 14.9. The zero-order chi connectivity index (χ0) is 35.6. The van der Waals surface area contributed by atoms with Crippen LogP contribution in [0.1, 0.15) is 5.69 Å². The molecule has 2 heterocycles. The third-order valence-corrected chi connectivity index (χ3v) is 9.80. The lowest BCUT2D eigenvalue weighted by molar-refractivity contribution is 1.18. The van der Waals surface area contributed by atoms with Gasteiger partial charge in [-0.1, -0.05) is 146 Å². The molecule has 53 heavy (non-hydrogen) atoms. The monoisotopic (exact) mass is 677 g/mol. The van der Waals surface area contributed by atoms with Crippen molar-refractivity contribution < 1.29 is 0 Å². The van der Waals surface area contributed by atoms with Crippen LogP contribution in [0, 0.1) is 6.92 Å². The first-order valence-electron chi connectivity index (χ1n) is 17.9. The van der Waals surface area contributed by atoms with Crippen molar-refractivity contribution in [2.24, 2.45) is 0 Å². The van der Waals surface area contributed by atoms with Gasteiger partial charge in [0.05, 0.1) is 11.4 Å². The Morgan fingerprint density at radius 2 is 0.774 bits per heavy atom. The molecule has 7 aromatic carbocycles. The predicted molar refractivity (Wildman–Crippen MR) is 220 cm³/mol. The summed E-state index contributed by atoms with van der Waals surface area (Å²) in [6, 6.07) is 66.4. The maximum absolute atomic E-state index is 5.20. The van der Waals surface area contributed by atoms with Crippen LogP contribution in [-0.2, 0) is 0 Å². The minimum absolute atomic E-state index is 0.688. The van der Waals surface area contributed by atoms with Crippen molar-refractivity contribution in [1.82, 2.24) is 15.0 Å². The molecule has 250 valence electrons. The van der Waals surface area contributed by atoms with E-state index in [-0.39, 0.29) is 0 Å². The number of benzene rings is 7. The molecule has 0 amide bonds. The van der Waals surface area contributed by atoms with Crippen LogP contribution in [-0.4, -0.2) is 15.0 Å². The molecule has 9 rings (SSSR count). The highest BCUT2D eigenvalue weighted by atomic mass is 14.9. The smallest absolute Gasteiger partial charge is 0.160 e. The molecular formula is C50H35N3. The van der Waals surface area contributed by atoms with Crippen molar-refractivity contribution in [1.29, 1.82) is 0 Å². The maximum atomic E-state index is 5.20. The lowest BCUT2D eigenvalue weighted by Gasteiger charge is -2.14. The lowest BCUT2D eigenvalue weighted by Crippen LogP contribution is -1.97. The highest BCUT2D eigenvalue weighted by Gasteiger charge is 2.14. The van der Waals surface area contributed by atoms with Gasteiger partial charge in [-0.15, -0.1) is 0 Å². The van der Waals surface area contributed by atoms with Gasteiger partial charge in [-0.2, -0.15) is 0 Å². The van der Waals surface area contributed by atoms with E-state index in [1.165, 1.54) is 16.3 Å². The van der Waals surface area contributed by atoms with Crippen LogP contribution in [0.25, 0.3) is 89.2 Å². The number of hydrogen-bond acceptors (Lipinski definition) is 3. The second-order valence-electron chi connectivity index (χ2n) is 13.4. The van der Waals surface area contributed by atoms with Crippen molar-refractivity contribution >= 4 is 10.8 Å². The first kappa shape index (κ1) is 32.0. The molecule has 0 aliphatic carbocycles. The van der Waals surface area contributed by atoms with Gasteiger partial charge < -0.3 is 0 Å². The maximum Gasteiger partial charge on any atom is 0.160 e. The summed E-state index contributed by atoms with van der Waals surface area (Å²) in [6.45, 7) is 2.01. The molecule has 3 nitrogen and oxygen atoms in total. The average Bonchev–Trinajstić information content (AvgIpc) is 3.24. The number of aromatic nitrogens is 3. The van der Waals surface area contributed by atoms with E-state index in [2.05, 4.69) is 181 Å². The standard InChI is InChI=1S/C50H35N3/c1-34-19-20-44(33-51-34)42-18-10-17-41(27-42)36-21-23-37(24-22-36)45-29-46(43-26-25-35-11-8-9-16-40(35)28-43)31-47(30-45)50-52-48(38-12-4-2-5-13-38)32-49(53-50)39-14-6-3-7-15-39/h2-33H,1H3. The molecule has 0 atom stereocenters. The molecule has 0 spiro atoms. The Hall–Kier alpha value is -6.97. The highest BCUT2D eigenvalue weighted by Crippen LogP contribution is 2.36. The fraction of sp³-hybridized carbons (Fsp3) is 0.0200. The van der Waals surface area contributed by atoms with E-state index in [9.17, 15) is 0 Å². The van der Waals surface area contributed by atoms with Crippen molar-refractivity contribution in [2.45, 2.75) is 6.92 Å². The minimum atomic E-state index is 0.688. The summed E-state index contributed by atoms with van der Waals surface area (Å²) in [5.74, 6) is 0.688. The summed E-state index contributed by atoms with van der Waals surface area (Å²) in [5, 5.41) is 2.43. The molecule has 0 fully saturated rings. The molecule has 0 bridgehead atoms. The van der Waals surface area contributed by atoms with Gasteiger partial charge in [0, 0.05) is 34.1 Å². The number of nitrogens with zero attached hydrogens (tertiary/aromatic N) is 3. The van der Waals surface area contributed by atoms with Gasteiger partial charge in [-0.3, -0.25) is 4.98 Å². The number of aryl methyl sites for hydroxylation is 1. The fourth-order valence-electron chi connectivity index (χ4n) is 6.92. The molecule has 0 saturated carbocycles. The van der Waals surface area contributed by atoms with E-state index >= 15 is 0 Å². The molecule has 0 aliphatic heterocycles. The van der Waals surface area contributed by atoms with Crippen molar-refractivity contribution in [3.05, 3.63) is 200 Å². The van der Waals surface area contributed by atoms with Gasteiger partial charge in [0.15, 0.2) is 5.82 Å². The number of rotatable bonds is 7. The van der Waals surface area contributed by atoms with Crippen LogP contribution in [0.3, 0.4) is 0 Å². The van der Waals surface area contributed by atoms with Gasteiger partial charge in [0.2, 0.25) is 0 Å². The predicted octanol–water partition coefficient (Wildman–Crippen LogP) is 13.0. The molecule has 0 aliphatic rings. The Morgan fingerprint density at radius 1 is 0.302 bits per heavy atom. The van der Waals surface area contributed by atoms with Crippen LogP contribution in [0.15, 0.2) is 194 Å². The van der Waals surface area contributed by atoms with Crippen LogP contribution in [0.5, 0.6) is 0 Å². The summed E-state index contributed by atoms with van der Waals surface area (Å²) in [4.78, 5) is 14.9. The third kappa shape index (κ3) is 6.76. The van der Waals surface area contributed by atoms with Crippen LogP contribution in [0.4, 0.5) is 0 Å². The summed E-state index contributed by atoms with van der Waals surface area (Å²) in [6.07, 6.45) is 1.94. The molecule has 0 unspecified atom stereocenters. The highest BCUT2D eigenvalue weighted by molar-refractivity contribution is 5.89. The van der Waals surface area contributed by atoms with E-state index in [1.54, 1.807) is 0 Å². The fourth-order valence-corrected chi connectivity index (χ4v) is 6.92. The van der Waals surface area contributed by atoms with Crippen LogP contribution in [0.2, 0.25) is 0 Å². The summed E-state index contributed by atoms with van der Waals surface area (Å²) in [7, 11) is 0. The van der Waals surface area contributed by atoms with E-state index in [4.69, 9.17) is 9.97 Å². The van der Waals surface area contributed by atoms with E-state index in [0.717, 1.165) is 72.7 Å². The van der Waals surface area contributed by atoms with Gasteiger partial charge in [0.25, 0.3) is 0 Å². The Morgan fingerprint density at radius 3 is 1.42 bits per heavy atom. The normalized spacial score (nSPS) is 11.1. The van der Waals surface area contributed by atoms with Crippen LogP contribution < -0.4 is 0 Å². The van der Waals surface area contributed by atoms with Gasteiger partial charge in [-0.05, 0) is 99.1 Å². The first-order valence-corrected chi connectivity index (χ1v) is 17.9. The lowest BCUT2D eigenvalue weighted by atomic mass is 9.93. The Balaban J connectivity index is 1.17. The number of hydrogen-bond donors (Lipinski definition) is 0. The molecule has 3 heteroatoms. The van der Waals surface area contributed by atoms with Crippen molar-refractivity contribution in [2.75, 3.05) is 0 Å². The Bertz CT molecular complexity index is 2640.